The highest BCUT2D eigenvalue weighted by atomic mass is 32.2. The molecule has 1 aromatic carbocycles. The van der Waals surface area contributed by atoms with Gasteiger partial charge in [-0.3, -0.25) is 14.7 Å². The van der Waals surface area contributed by atoms with Crippen molar-refractivity contribution in [1.82, 2.24) is 20.2 Å². The molecule has 32 heavy (non-hydrogen) atoms. The van der Waals surface area contributed by atoms with E-state index in [0.717, 1.165) is 73.9 Å². The van der Waals surface area contributed by atoms with Gasteiger partial charge in [0.05, 0.1) is 5.52 Å². The van der Waals surface area contributed by atoms with Crippen LogP contribution in [0.15, 0.2) is 59.9 Å². The minimum absolute atomic E-state index is 0.0216. The fraction of sp³-hybridized carbons (Fsp3) is 0.417. The Bertz CT molecular complexity index is 1050. The Morgan fingerprint density at radius 2 is 1.94 bits per heavy atom. The first kappa shape index (κ1) is 21.3. The summed E-state index contributed by atoms with van der Waals surface area (Å²) in [5.74, 6) is 8.48. The number of hydrogen-bond acceptors (Lipinski definition) is 8. The van der Waals surface area contributed by atoms with Gasteiger partial charge in [-0.05, 0) is 48.9 Å². The third-order valence-corrected chi connectivity index (χ3v) is 7.52. The molecule has 3 aliphatic rings. The van der Waals surface area contributed by atoms with Crippen LogP contribution in [0.5, 0.6) is 0 Å². The normalized spacial score (nSPS) is 21.8. The quantitative estimate of drug-likeness (QED) is 0.514. The van der Waals surface area contributed by atoms with Crippen molar-refractivity contribution in [2.24, 2.45) is 5.84 Å². The molecule has 1 fully saturated rings. The number of hydrazine groups is 1. The summed E-state index contributed by atoms with van der Waals surface area (Å²) >= 11 is 1.80. The number of nitrogens with one attached hydrogen (secondary N) is 1. The molecule has 5 rings (SSSR count). The van der Waals surface area contributed by atoms with Crippen LogP contribution in [0.2, 0.25) is 0 Å². The SMILES string of the molecule is NN1C=C2CCC(=O)C=C2NC1SCCCN1CCN(c2ccc3ccccc3n2)CC1. The van der Waals surface area contributed by atoms with Gasteiger partial charge in [0.2, 0.25) is 0 Å². The Hall–Kier alpha value is -2.55. The molecule has 8 heteroatoms. The van der Waals surface area contributed by atoms with Gasteiger partial charge in [0.1, 0.15) is 5.82 Å². The Morgan fingerprint density at radius 1 is 1.09 bits per heavy atom. The largest absolute Gasteiger partial charge is 0.355 e. The van der Waals surface area contributed by atoms with E-state index in [1.54, 1.807) is 22.8 Å². The van der Waals surface area contributed by atoms with E-state index in [2.05, 4.69) is 45.4 Å². The van der Waals surface area contributed by atoms with Crippen LogP contribution in [0.4, 0.5) is 5.82 Å². The molecular formula is C24H30N6OS. The van der Waals surface area contributed by atoms with Gasteiger partial charge in [-0.25, -0.2) is 10.8 Å². The zero-order valence-electron chi connectivity index (χ0n) is 18.2. The van der Waals surface area contributed by atoms with Crippen LogP contribution in [0.25, 0.3) is 10.9 Å². The van der Waals surface area contributed by atoms with Gasteiger partial charge in [-0.15, -0.1) is 11.8 Å². The maximum atomic E-state index is 11.7. The van der Waals surface area contributed by atoms with Gasteiger partial charge < -0.3 is 10.2 Å². The van der Waals surface area contributed by atoms with Crippen molar-refractivity contribution in [3.63, 3.8) is 0 Å². The van der Waals surface area contributed by atoms with Crippen molar-refractivity contribution >= 4 is 34.3 Å². The lowest BCUT2D eigenvalue weighted by Crippen LogP contribution is -2.49. The average molecular weight is 451 g/mol. The zero-order valence-corrected chi connectivity index (χ0v) is 19.1. The fourth-order valence-corrected chi connectivity index (χ4v) is 5.45. The number of benzene rings is 1. The van der Waals surface area contributed by atoms with E-state index in [4.69, 9.17) is 10.8 Å². The molecule has 1 unspecified atom stereocenters. The Balaban J connectivity index is 1.06. The number of thioether (sulfide) groups is 1. The fourth-order valence-electron chi connectivity index (χ4n) is 4.48. The molecule has 2 aliphatic heterocycles. The van der Waals surface area contributed by atoms with E-state index >= 15 is 0 Å². The number of fused-ring (bicyclic) bond motifs is 2. The lowest BCUT2D eigenvalue weighted by molar-refractivity contribution is -0.114. The summed E-state index contributed by atoms with van der Waals surface area (Å²) < 4.78 is 0. The molecule has 168 valence electrons. The van der Waals surface area contributed by atoms with Crippen molar-refractivity contribution in [2.75, 3.05) is 43.4 Å². The molecular weight excluding hydrogens is 420 g/mol. The standard InChI is InChI=1S/C24H30N6OS/c25-30-17-19-6-8-20(31)16-22(19)27-24(30)32-15-3-10-28-11-13-29(14-12-28)23-9-7-18-4-1-2-5-21(18)26-23/h1-2,4-5,7,9,16-17,24,27H,3,6,8,10-15,25H2. The van der Waals surface area contributed by atoms with Crippen LogP contribution in [0, 0.1) is 0 Å². The van der Waals surface area contributed by atoms with E-state index in [9.17, 15) is 4.79 Å². The summed E-state index contributed by atoms with van der Waals surface area (Å²) in [4.78, 5) is 21.5. The third kappa shape index (κ3) is 4.77. The topological polar surface area (TPSA) is 77.7 Å². The number of carbonyl (C=O) groups is 1. The Morgan fingerprint density at radius 3 is 2.81 bits per heavy atom. The number of para-hydroxylation sites is 1. The number of ketones is 1. The molecule has 3 N–H and O–H groups in total. The van der Waals surface area contributed by atoms with Crippen molar-refractivity contribution in [1.29, 1.82) is 0 Å². The van der Waals surface area contributed by atoms with E-state index in [0.29, 0.717) is 6.42 Å². The Kier molecular flexibility index (Phi) is 6.34. The molecule has 3 heterocycles. The molecule has 1 aromatic heterocycles. The van der Waals surface area contributed by atoms with Crippen molar-refractivity contribution in [3.8, 4) is 0 Å². The van der Waals surface area contributed by atoms with Crippen LogP contribution in [-0.2, 0) is 4.79 Å². The van der Waals surface area contributed by atoms with Gasteiger partial charge in [0.25, 0.3) is 0 Å². The first-order valence-electron chi connectivity index (χ1n) is 11.4. The van der Waals surface area contributed by atoms with Gasteiger partial charge in [-0.1, -0.05) is 18.2 Å². The number of pyridine rings is 1. The van der Waals surface area contributed by atoms with Crippen LogP contribution in [0.3, 0.4) is 0 Å². The van der Waals surface area contributed by atoms with Crippen molar-refractivity contribution in [3.05, 3.63) is 59.9 Å². The molecule has 7 nitrogen and oxygen atoms in total. The second kappa shape index (κ2) is 9.52. The second-order valence-corrected chi connectivity index (χ2v) is 9.73. The minimum Gasteiger partial charge on any atom is -0.355 e. The summed E-state index contributed by atoms with van der Waals surface area (Å²) in [5, 5.41) is 6.35. The first-order chi connectivity index (χ1) is 15.7. The lowest BCUT2D eigenvalue weighted by atomic mass is 9.97. The summed E-state index contributed by atoms with van der Waals surface area (Å²) in [6.07, 6.45) is 6.15. The Labute approximate surface area is 193 Å². The van der Waals surface area contributed by atoms with E-state index in [1.807, 2.05) is 12.3 Å². The lowest BCUT2D eigenvalue weighted by Gasteiger charge is -2.36. The number of anilines is 1. The summed E-state index contributed by atoms with van der Waals surface area (Å²) in [7, 11) is 0. The van der Waals surface area contributed by atoms with Gasteiger partial charge in [0.15, 0.2) is 11.3 Å². The maximum Gasteiger partial charge on any atom is 0.161 e. The van der Waals surface area contributed by atoms with E-state index < -0.39 is 0 Å². The second-order valence-electron chi connectivity index (χ2n) is 8.54. The van der Waals surface area contributed by atoms with Crippen LogP contribution in [-0.4, -0.2) is 64.7 Å². The monoisotopic (exact) mass is 450 g/mol. The summed E-state index contributed by atoms with van der Waals surface area (Å²) in [6.45, 7) is 5.23. The number of aromatic nitrogens is 1. The molecule has 1 aliphatic carbocycles. The molecule has 2 aromatic rings. The number of nitrogens with zero attached hydrogens (tertiary/aromatic N) is 4. The van der Waals surface area contributed by atoms with Crippen molar-refractivity contribution in [2.45, 2.75) is 24.8 Å². The number of piperazine rings is 1. The van der Waals surface area contributed by atoms with Crippen LogP contribution >= 0.6 is 11.8 Å². The molecule has 0 radical (unpaired) electrons. The summed E-state index contributed by atoms with van der Waals surface area (Å²) in [6, 6.07) is 12.6. The van der Waals surface area contributed by atoms with Gasteiger partial charge >= 0.3 is 0 Å². The van der Waals surface area contributed by atoms with Gasteiger partial charge in [0, 0.05) is 56.0 Å². The highest BCUT2D eigenvalue weighted by molar-refractivity contribution is 7.99. The third-order valence-electron chi connectivity index (χ3n) is 6.32. The molecule has 0 amide bonds. The highest BCUT2D eigenvalue weighted by Crippen LogP contribution is 2.28. The van der Waals surface area contributed by atoms with Crippen molar-refractivity contribution < 1.29 is 4.79 Å². The molecule has 1 atom stereocenters. The molecule has 0 saturated carbocycles. The number of hydrogen-bond donors (Lipinski definition) is 2. The highest BCUT2D eigenvalue weighted by Gasteiger charge is 2.26. The minimum atomic E-state index is -0.0216. The predicted octanol–water partition coefficient (Wildman–Crippen LogP) is 2.67. The number of nitrogens with two attached hydrogens (primary N) is 1. The van der Waals surface area contributed by atoms with Crippen LogP contribution in [0.1, 0.15) is 19.3 Å². The molecule has 0 bridgehead atoms. The molecule has 0 spiro atoms. The number of carbonyl (C=O) groups excluding carboxylic acids is 1. The maximum absolute atomic E-state index is 11.7. The van der Waals surface area contributed by atoms with E-state index in [1.165, 1.54) is 5.39 Å². The van der Waals surface area contributed by atoms with E-state index in [-0.39, 0.29) is 11.3 Å². The molecule has 1 saturated heterocycles. The zero-order chi connectivity index (χ0) is 21.9. The predicted molar refractivity (Wildman–Crippen MR) is 131 cm³/mol. The number of allylic oxidation sites excluding steroid dienone is 2. The van der Waals surface area contributed by atoms with Crippen LogP contribution < -0.4 is 16.1 Å². The number of rotatable bonds is 6. The van der Waals surface area contributed by atoms with Gasteiger partial charge in [-0.2, -0.15) is 0 Å². The average Bonchev–Trinajstić information content (AvgIpc) is 2.82. The first-order valence-corrected chi connectivity index (χ1v) is 12.4. The summed E-state index contributed by atoms with van der Waals surface area (Å²) in [5.41, 5.74) is 3.11. The smallest absolute Gasteiger partial charge is 0.161 e.